The van der Waals surface area contributed by atoms with Crippen molar-refractivity contribution < 1.29 is 4.74 Å². The van der Waals surface area contributed by atoms with Crippen molar-refractivity contribution in [1.29, 1.82) is 0 Å². The van der Waals surface area contributed by atoms with Crippen LogP contribution in [0.3, 0.4) is 0 Å². The minimum Gasteiger partial charge on any atom is -0.381 e. The van der Waals surface area contributed by atoms with Crippen LogP contribution < -0.4 is 0 Å². The van der Waals surface area contributed by atoms with E-state index in [1.165, 1.54) is 56.7 Å². The molecule has 0 heterocycles. The summed E-state index contributed by atoms with van der Waals surface area (Å²) in [4.78, 5) is 0. The van der Waals surface area contributed by atoms with Crippen LogP contribution in [0.5, 0.6) is 0 Å². The molecule has 0 spiro atoms. The molecule has 0 aliphatic heterocycles. The van der Waals surface area contributed by atoms with Gasteiger partial charge in [0.05, 0.1) is 6.10 Å². The van der Waals surface area contributed by atoms with Gasteiger partial charge in [-0.2, -0.15) is 0 Å². The van der Waals surface area contributed by atoms with Gasteiger partial charge in [0.1, 0.15) is 0 Å². The van der Waals surface area contributed by atoms with Crippen LogP contribution in [0.1, 0.15) is 65.2 Å². The second-order valence-corrected chi connectivity index (χ2v) is 9.98. The van der Waals surface area contributed by atoms with E-state index in [4.69, 9.17) is 4.74 Å². The fourth-order valence-electron chi connectivity index (χ4n) is 7.19. The molecular formula is C21H33BrO. The van der Waals surface area contributed by atoms with Crippen LogP contribution in [0.25, 0.3) is 0 Å². The summed E-state index contributed by atoms with van der Waals surface area (Å²) in [6, 6.07) is 0. The molecule has 3 saturated carbocycles. The molecule has 0 aromatic carbocycles. The fraction of sp³-hybridized carbons (Fsp3) is 0.905. The van der Waals surface area contributed by atoms with Gasteiger partial charge >= 0.3 is 0 Å². The largest absolute Gasteiger partial charge is 0.381 e. The summed E-state index contributed by atoms with van der Waals surface area (Å²) in [7, 11) is 1.89. The van der Waals surface area contributed by atoms with Crippen molar-refractivity contribution in [2.75, 3.05) is 12.4 Å². The number of rotatable bonds is 2. The number of halogens is 1. The maximum Gasteiger partial charge on any atom is 0.0608 e. The van der Waals surface area contributed by atoms with E-state index in [0.29, 0.717) is 16.9 Å². The van der Waals surface area contributed by atoms with Crippen molar-refractivity contribution in [2.24, 2.45) is 34.5 Å². The van der Waals surface area contributed by atoms with Gasteiger partial charge in [-0.1, -0.05) is 41.4 Å². The van der Waals surface area contributed by atoms with E-state index >= 15 is 0 Å². The maximum absolute atomic E-state index is 5.69. The normalized spacial score (nSPS) is 52.3. The Balaban J connectivity index is 1.63. The van der Waals surface area contributed by atoms with Gasteiger partial charge in [-0.25, -0.2) is 0 Å². The van der Waals surface area contributed by atoms with E-state index in [-0.39, 0.29) is 0 Å². The first kappa shape index (κ1) is 16.6. The number of alkyl halides is 1. The van der Waals surface area contributed by atoms with Gasteiger partial charge in [-0.15, -0.1) is 0 Å². The Bertz CT molecular complexity index is 500. The van der Waals surface area contributed by atoms with Gasteiger partial charge in [0, 0.05) is 12.4 Å². The predicted octanol–water partition coefficient (Wildman–Crippen LogP) is 5.98. The van der Waals surface area contributed by atoms with Crippen LogP contribution in [0.2, 0.25) is 0 Å². The summed E-state index contributed by atoms with van der Waals surface area (Å²) in [6.07, 6.45) is 14.1. The number of hydrogen-bond acceptors (Lipinski definition) is 1. The van der Waals surface area contributed by atoms with Crippen LogP contribution in [0.15, 0.2) is 11.6 Å². The molecule has 0 aromatic heterocycles. The van der Waals surface area contributed by atoms with Gasteiger partial charge in [0.15, 0.2) is 0 Å². The first-order valence-electron chi connectivity index (χ1n) is 9.81. The van der Waals surface area contributed by atoms with E-state index in [1.807, 2.05) is 7.11 Å². The Morgan fingerprint density at radius 1 is 1.13 bits per heavy atom. The summed E-state index contributed by atoms with van der Waals surface area (Å²) in [5, 5.41) is 1.21. The number of ether oxygens (including phenoxy) is 1. The van der Waals surface area contributed by atoms with Crippen LogP contribution >= 0.6 is 15.9 Å². The highest BCUT2D eigenvalue weighted by Gasteiger charge is 2.58. The molecule has 0 amide bonds. The molecule has 0 radical (unpaired) electrons. The summed E-state index contributed by atoms with van der Waals surface area (Å²) >= 11 is 3.82. The highest BCUT2D eigenvalue weighted by molar-refractivity contribution is 9.09. The summed E-state index contributed by atoms with van der Waals surface area (Å²) < 4.78 is 5.69. The average Bonchev–Trinajstić information content (AvgIpc) is 2.90. The van der Waals surface area contributed by atoms with E-state index in [1.54, 1.807) is 5.57 Å². The molecular weight excluding hydrogens is 348 g/mol. The Kier molecular flexibility index (Phi) is 4.24. The molecule has 4 aliphatic rings. The minimum atomic E-state index is 0.476. The Labute approximate surface area is 150 Å². The zero-order chi connectivity index (χ0) is 16.2. The van der Waals surface area contributed by atoms with Gasteiger partial charge in [0.2, 0.25) is 0 Å². The second kappa shape index (κ2) is 5.87. The van der Waals surface area contributed by atoms with Crippen molar-refractivity contribution in [1.82, 2.24) is 0 Å². The number of methoxy groups -OCH3 is 1. The van der Waals surface area contributed by atoms with Crippen LogP contribution in [-0.2, 0) is 4.74 Å². The van der Waals surface area contributed by atoms with E-state index in [0.717, 1.165) is 23.7 Å². The molecule has 1 nitrogen and oxygen atoms in total. The molecule has 0 saturated heterocycles. The predicted molar refractivity (Wildman–Crippen MR) is 99.8 cm³/mol. The number of hydrogen-bond donors (Lipinski definition) is 0. The number of allylic oxidation sites excluding steroid dienone is 1. The lowest BCUT2D eigenvalue weighted by molar-refractivity contribution is -0.0504. The Morgan fingerprint density at radius 2 is 1.96 bits per heavy atom. The highest BCUT2D eigenvalue weighted by Crippen LogP contribution is 2.66. The van der Waals surface area contributed by atoms with Gasteiger partial charge < -0.3 is 4.74 Å². The highest BCUT2D eigenvalue weighted by atomic mass is 79.9. The lowest BCUT2D eigenvalue weighted by atomic mass is 9.47. The van der Waals surface area contributed by atoms with Gasteiger partial charge in [-0.3, -0.25) is 0 Å². The molecule has 2 heteroatoms. The van der Waals surface area contributed by atoms with Crippen molar-refractivity contribution in [3.8, 4) is 0 Å². The topological polar surface area (TPSA) is 9.23 Å². The fourth-order valence-corrected chi connectivity index (χ4v) is 8.25. The zero-order valence-corrected chi connectivity index (χ0v) is 16.7. The third kappa shape index (κ3) is 2.34. The van der Waals surface area contributed by atoms with Gasteiger partial charge in [0.25, 0.3) is 0 Å². The molecule has 4 aliphatic carbocycles. The standard InChI is InChI=1S/C21H33BrO/c1-20-10-8-16(23-3)12-14(20)4-6-17-18-7-5-15(13-22)21(18,2)11-9-19(17)20/h4,15-19H,5-13H2,1-3H3/t15-,16+,17+,18+,19+,20-,21-/m0/s1. The SMILES string of the molecule is CO[C@@H]1CC[C@@]2(C)C(=CC[C@@H]3[C@H]4CC[C@@H](CBr)[C@]4(C)CC[C@H]32)C1. The van der Waals surface area contributed by atoms with Crippen LogP contribution in [0.4, 0.5) is 0 Å². The summed E-state index contributed by atoms with van der Waals surface area (Å²) in [5.74, 6) is 3.77. The maximum atomic E-state index is 5.69. The third-order valence-corrected chi connectivity index (χ3v) is 9.56. The smallest absolute Gasteiger partial charge is 0.0608 e. The zero-order valence-electron chi connectivity index (χ0n) is 15.1. The Hall–Kier alpha value is 0.180. The molecule has 0 N–H and O–H groups in total. The monoisotopic (exact) mass is 380 g/mol. The lowest BCUT2D eigenvalue weighted by Crippen LogP contribution is -2.50. The van der Waals surface area contributed by atoms with Gasteiger partial charge in [-0.05, 0) is 85.9 Å². The van der Waals surface area contributed by atoms with E-state index < -0.39 is 0 Å². The molecule has 7 atom stereocenters. The molecule has 4 rings (SSSR count). The first-order valence-corrected chi connectivity index (χ1v) is 10.9. The second-order valence-electron chi connectivity index (χ2n) is 9.33. The average molecular weight is 381 g/mol. The molecule has 0 bridgehead atoms. The first-order chi connectivity index (χ1) is 11.0. The van der Waals surface area contributed by atoms with Crippen molar-refractivity contribution in [3.63, 3.8) is 0 Å². The molecule has 23 heavy (non-hydrogen) atoms. The van der Waals surface area contributed by atoms with Crippen molar-refractivity contribution in [3.05, 3.63) is 11.6 Å². The molecule has 0 aromatic rings. The molecule has 3 fully saturated rings. The number of fused-ring (bicyclic) bond motifs is 5. The van der Waals surface area contributed by atoms with Crippen molar-refractivity contribution in [2.45, 2.75) is 71.3 Å². The quantitative estimate of drug-likeness (QED) is 0.423. The summed E-state index contributed by atoms with van der Waals surface area (Å²) in [5.41, 5.74) is 2.83. The summed E-state index contributed by atoms with van der Waals surface area (Å²) in [6.45, 7) is 5.22. The minimum absolute atomic E-state index is 0.476. The third-order valence-electron chi connectivity index (χ3n) is 8.77. The Morgan fingerprint density at radius 3 is 2.70 bits per heavy atom. The van der Waals surface area contributed by atoms with Crippen LogP contribution in [-0.4, -0.2) is 18.5 Å². The van der Waals surface area contributed by atoms with Crippen LogP contribution in [0, 0.1) is 34.5 Å². The van der Waals surface area contributed by atoms with Crippen molar-refractivity contribution >= 4 is 15.9 Å². The van der Waals surface area contributed by atoms with E-state index in [2.05, 4.69) is 35.9 Å². The molecule has 130 valence electrons. The lowest BCUT2D eigenvalue weighted by Gasteiger charge is -2.58. The van der Waals surface area contributed by atoms with E-state index in [9.17, 15) is 0 Å². The molecule has 0 unspecified atom stereocenters.